The van der Waals surface area contributed by atoms with E-state index in [0.29, 0.717) is 30.9 Å². The van der Waals surface area contributed by atoms with Crippen molar-refractivity contribution in [2.24, 2.45) is 17.2 Å². The van der Waals surface area contributed by atoms with Crippen LogP contribution in [0.2, 0.25) is 0 Å². The van der Waals surface area contributed by atoms with Crippen molar-refractivity contribution in [3.05, 3.63) is 150 Å². The molecule has 2 aliphatic heterocycles. The molecule has 218 valence electrons. The van der Waals surface area contributed by atoms with Crippen LogP contribution >= 0.6 is 0 Å². The standard InChI is InChI=1S/C37H40N6/c1-27-21-29(28(13-6-3-2-4-9-17-38)24-32(40)14-7-5-10-18-39)23-30(22-27)31-25-34(33-15-8-11-19-41-33)42-35(26-31)37-36-16-12-20-43(36)37/h2-5,7-16,19,21-26,36-37H,6,17-18,20,38-40H2,1H3/b3-2+,9-4-,10-5-,14-7+,28-13+,32-24-. The second-order valence-corrected chi connectivity index (χ2v) is 10.7. The molecule has 0 bridgehead atoms. The van der Waals surface area contributed by atoms with Crippen molar-refractivity contribution in [1.82, 2.24) is 14.9 Å². The van der Waals surface area contributed by atoms with Gasteiger partial charge in [-0.3, -0.25) is 9.88 Å². The predicted octanol–water partition coefficient (Wildman–Crippen LogP) is 6.17. The molecule has 0 spiro atoms. The highest BCUT2D eigenvalue weighted by Crippen LogP contribution is 2.47. The summed E-state index contributed by atoms with van der Waals surface area (Å²) >= 11 is 0. The van der Waals surface area contributed by atoms with Crippen molar-refractivity contribution in [3.8, 4) is 22.5 Å². The maximum absolute atomic E-state index is 6.44. The van der Waals surface area contributed by atoms with Gasteiger partial charge in [0.05, 0.1) is 29.2 Å². The lowest BCUT2D eigenvalue weighted by Crippen LogP contribution is -2.00. The van der Waals surface area contributed by atoms with E-state index in [0.717, 1.165) is 52.3 Å². The summed E-state index contributed by atoms with van der Waals surface area (Å²) in [5.74, 6) is 0. The van der Waals surface area contributed by atoms with Gasteiger partial charge in [-0.1, -0.05) is 79.0 Å². The highest BCUT2D eigenvalue weighted by Gasteiger charge is 2.49. The number of hydrogen-bond acceptors (Lipinski definition) is 6. The van der Waals surface area contributed by atoms with Crippen LogP contribution in [0.3, 0.4) is 0 Å². The van der Waals surface area contributed by atoms with Crippen LogP contribution < -0.4 is 17.2 Å². The number of aryl methyl sites for hydroxylation is 1. The summed E-state index contributed by atoms with van der Waals surface area (Å²) in [7, 11) is 0. The number of fused-ring (bicyclic) bond motifs is 1. The lowest BCUT2D eigenvalue weighted by Gasteiger charge is -2.13. The van der Waals surface area contributed by atoms with E-state index in [1.54, 1.807) is 0 Å². The summed E-state index contributed by atoms with van der Waals surface area (Å²) in [5, 5.41) is 0. The molecule has 0 radical (unpaired) electrons. The van der Waals surface area contributed by atoms with Gasteiger partial charge in [0.25, 0.3) is 0 Å². The zero-order valence-electron chi connectivity index (χ0n) is 24.7. The van der Waals surface area contributed by atoms with Gasteiger partial charge in [0.1, 0.15) is 0 Å². The Morgan fingerprint density at radius 3 is 2.47 bits per heavy atom. The summed E-state index contributed by atoms with van der Waals surface area (Å²) < 4.78 is 0. The summed E-state index contributed by atoms with van der Waals surface area (Å²) in [6.45, 7) is 4.13. The van der Waals surface area contributed by atoms with Crippen molar-refractivity contribution in [2.75, 3.05) is 19.6 Å². The van der Waals surface area contributed by atoms with Gasteiger partial charge in [-0.25, -0.2) is 4.98 Å². The van der Waals surface area contributed by atoms with Crippen molar-refractivity contribution in [2.45, 2.75) is 25.4 Å². The maximum Gasteiger partial charge on any atom is 0.0896 e. The number of aromatic nitrogens is 2. The maximum atomic E-state index is 6.44. The smallest absolute Gasteiger partial charge is 0.0896 e. The molecular formula is C37H40N6. The third-order valence-electron chi connectivity index (χ3n) is 7.43. The van der Waals surface area contributed by atoms with Gasteiger partial charge < -0.3 is 17.2 Å². The molecule has 2 aromatic heterocycles. The Hall–Kier alpha value is -4.62. The number of allylic oxidation sites excluding steroid dienone is 9. The van der Waals surface area contributed by atoms with Gasteiger partial charge in [-0.15, -0.1) is 0 Å². The van der Waals surface area contributed by atoms with E-state index < -0.39 is 0 Å². The van der Waals surface area contributed by atoms with E-state index in [9.17, 15) is 0 Å². The number of nitrogens with two attached hydrogens (primary N) is 3. The van der Waals surface area contributed by atoms with E-state index in [1.165, 1.54) is 5.56 Å². The van der Waals surface area contributed by atoms with Crippen LogP contribution in [0.4, 0.5) is 0 Å². The van der Waals surface area contributed by atoms with Gasteiger partial charge in [0.2, 0.25) is 0 Å². The van der Waals surface area contributed by atoms with E-state index >= 15 is 0 Å². The van der Waals surface area contributed by atoms with Crippen LogP contribution in [0.1, 0.15) is 29.3 Å². The van der Waals surface area contributed by atoms with Crippen molar-refractivity contribution in [3.63, 3.8) is 0 Å². The highest BCUT2D eigenvalue weighted by molar-refractivity contribution is 5.80. The monoisotopic (exact) mass is 568 g/mol. The summed E-state index contributed by atoms with van der Waals surface area (Å²) in [5.41, 5.74) is 26.7. The zero-order valence-corrected chi connectivity index (χ0v) is 24.7. The second-order valence-electron chi connectivity index (χ2n) is 10.7. The molecule has 6 heteroatoms. The molecule has 1 aromatic carbocycles. The molecule has 3 aromatic rings. The Morgan fingerprint density at radius 2 is 1.72 bits per heavy atom. The first-order chi connectivity index (χ1) is 21.1. The number of benzene rings is 1. The van der Waals surface area contributed by atoms with Crippen LogP contribution in [0, 0.1) is 6.92 Å². The first-order valence-corrected chi connectivity index (χ1v) is 14.8. The normalized spacial score (nSPS) is 20.3. The quantitative estimate of drug-likeness (QED) is 0.137. The fourth-order valence-corrected chi connectivity index (χ4v) is 5.37. The molecule has 3 atom stereocenters. The van der Waals surface area contributed by atoms with Crippen LogP contribution in [0.15, 0.2) is 133 Å². The van der Waals surface area contributed by atoms with Crippen molar-refractivity contribution in [1.29, 1.82) is 0 Å². The average molecular weight is 569 g/mol. The van der Waals surface area contributed by atoms with Gasteiger partial charge in [-0.05, 0) is 83.7 Å². The third-order valence-corrected chi connectivity index (χ3v) is 7.43. The SMILES string of the molecule is Cc1cc(C(/C=C(N)/C=C/C=C\CN)=C/C/C=C/C=C\CN)cc(-c2cc(-c3ccccn3)nc(C3C4C=CCN43)c2)c1. The van der Waals surface area contributed by atoms with E-state index in [2.05, 4.69) is 71.4 Å². The molecule has 43 heavy (non-hydrogen) atoms. The zero-order chi connectivity index (χ0) is 30.0. The van der Waals surface area contributed by atoms with Gasteiger partial charge in [0, 0.05) is 31.5 Å². The Labute approximate surface area is 255 Å². The molecular weight excluding hydrogens is 528 g/mol. The Balaban J connectivity index is 1.54. The molecule has 1 saturated heterocycles. The van der Waals surface area contributed by atoms with Crippen LogP contribution in [0.5, 0.6) is 0 Å². The molecule has 2 aliphatic rings. The van der Waals surface area contributed by atoms with Gasteiger partial charge in [0.15, 0.2) is 0 Å². The van der Waals surface area contributed by atoms with E-state index in [4.69, 9.17) is 22.2 Å². The topological polar surface area (TPSA) is 107 Å². The van der Waals surface area contributed by atoms with Crippen LogP contribution in [-0.4, -0.2) is 40.5 Å². The first-order valence-electron chi connectivity index (χ1n) is 14.8. The largest absolute Gasteiger partial charge is 0.399 e. The molecule has 0 saturated carbocycles. The molecule has 4 heterocycles. The van der Waals surface area contributed by atoms with Crippen LogP contribution in [-0.2, 0) is 0 Å². The molecule has 1 fully saturated rings. The minimum atomic E-state index is 0.315. The minimum Gasteiger partial charge on any atom is -0.399 e. The molecule has 5 rings (SSSR count). The van der Waals surface area contributed by atoms with Crippen molar-refractivity contribution >= 4 is 5.57 Å². The molecule has 0 amide bonds. The Kier molecular flexibility index (Phi) is 10.1. The fourth-order valence-electron chi connectivity index (χ4n) is 5.37. The number of pyridine rings is 2. The first kappa shape index (κ1) is 29.9. The van der Waals surface area contributed by atoms with Crippen LogP contribution in [0.25, 0.3) is 28.1 Å². The lowest BCUT2D eigenvalue weighted by molar-refractivity contribution is 0.567. The molecule has 6 nitrogen and oxygen atoms in total. The van der Waals surface area contributed by atoms with Gasteiger partial charge in [-0.2, -0.15) is 0 Å². The Bertz CT molecular complexity index is 1620. The minimum absolute atomic E-state index is 0.315. The molecule has 6 N–H and O–H groups in total. The predicted molar refractivity (Wildman–Crippen MR) is 180 cm³/mol. The lowest BCUT2D eigenvalue weighted by atomic mass is 9.94. The van der Waals surface area contributed by atoms with Crippen molar-refractivity contribution < 1.29 is 0 Å². The van der Waals surface area contributed by atoms with E-state index in [-0.39, 0.29) is 0 Å². The fraction of sp³-hybridized carbons (Fsp3) is 0.189. The van der Waals surface area contributed by atoms with Gasteiger partial charge >= 0.3 is 0 Å². The van der Waals surface area contributed by atoms with E-state index in [1.807, 2.05) is 73.0 Å². The highest BCUT2D eigenvalue weighted by atomic mass is 15.4. The Morgan fingerprint density at radius 1 is 0.930 bits per heavy atom. The number of hydrogen-bond donors (Lipinski definition) is 3. The average Bonchev–Trinajstić information content (AvgIpc) is 3.51. The summed E-state index contributed by atoms with van der Waals surface area (Å²) in [6, 6.07) is 17.8. The molecule has 0 aliphatic carbocycles. The second kappa shape index (κ2) is 14.5. The third kappa shape index (κ3) is 7.81. The summed E-state index contributed by atoms with van der Waals surface area (Å²) in [6.07, 6.45) is 26.9. The number of rotatable bonds is 12. The summed E-state index contributed by atoms with van der Waals surface area (Å²) in [4.78, 5) is 12.2. The molecule has 3 unspecified atom stereocenters. The number of nitrogens with zero attached hydrogens (tertiary/aromatic N) is 3.